The predicted octanol–water partition coefficient (Wildman–Crippen LogP) is 2.41. The number of benzene rings is 2. The van der Waals surface area contributed by atoms with Gasteiger partial charge in [0.05, 0.1) is 11.4 Å². The van der Waals surface area contributed by atoms with Crippen molar-refractivity contribution in [3.63, 3.8) is 0 Å². The summed E-state index contributed by atoms with van der Waals surface area (Å²) in [4.78, 5) is 28.1. The lowest BCUT2D eigenvalue weighted by Gasteiger charge is -2.27. The summed E-state index contributed by atoms with van der Waals surface area (Å²) in [5.41, 5.74) is 3.21. The highest BCUT2D eigenvalue weighted by Crippen LogP contribution is 2.31. The van der Waals surface area contributed by atoms with Gasteiger partial charge in [-0.1, -0.05) is 36.4 Å². The zero-order valence-electron chi connectivity index (χ0n) is 15.7. The van der Waals surface area contributed by atoms with Crippen LogP contribution in [0.15, 0.2) is 48.5 Å². The standard InChI is InChI=1S/C20H20N6O2/c1-13-7-3-4-8-15(13)20-22-24-25(23-20)12-19(28)26-14(2)11-18(27)21-16-9-5-6-10-17(16)26/h3-10,14H,11-12H2,1-2H3,(H,21,27). The normalized spacial score (nSPS) is 16.3. The number of hydrogen-bond acceptors (Lipinski definition) is 5. The SMILES string of the molecule is Cc1ccccc1-c1nnn(CC(=O)N2c3ccccc3NC(=O)CC2C)n1. The number of tetrazole rings is 1. The first-order valence-corrected chi connectivity index (χ1v) is 9.07. The summed E-state index contributed by atoms with van der Waals surface area (Å²) in [5, 5.41) is 15.3. The summed E-state index contributed by atoms with van der Waals surface area (Å²) in [6, 6.07) is 14.7. The minimum atomic E-state index is -0.282. The molecule has 1 N–H and O–H groups in total. The van der Waals surface area contributed by atoms with Gasteiger partial charge in [-0.3, -0.25) is 9.59 Å². The van der Waals surface area contributed by atoms with Crippen molar-refractivity contribution in [2.45, 2.75) is 32.9 Å². The lowest BCUT2D eigenvalue weighted by atomic mass is 10.1. The van der Waals surface area contributed by atoms with Crippen LogP contribution in [0.25, 0.3) is 11.4 Å². The highest BCUT2D eigenvalue weighted by Gasteiger charge is 2.30. The van der Waals surface area contributed by atoms with Crippen LogP contribution in [0.3, 0.4) is 0 Å². The van der Waals surface area contributed by atoms with Crippen molar-refractivity contribution in [3.8, 4) is 11.4 Å². The van der Waals surface area contributed by atoms with Crippen LogP contribution in [-0.2, 0) is 16.1 Å². The van der Waals surface area contributed by atoms with Crippen LogP contribution in [0.1, 0.15) is 18.9 Å². The number of amides is 2. The van der Waals surface area contributed by atoms with Crippen molar-refractivity contribution in [3.05, 3.63) is 54.1 Å². The van der Waals surface area contributed by atoms with Crippen LogP contribution >= 0.6 is 0 Å². The van der Waals surface area contributed by atoms with Crippen LogP contribution in [0.2, 0.25) is 0 Å². The van der Waals surface area contributed by atoms with Crippen LogP contribution in [0.4, 0.5) is 11.4 Å². The van der Waals surface area contributed by atoms with E-state index in [2.05, 4.69) is 20.7 Å². The molecule has 0 radical (unpaired) electrons. The van der Waals surface area contributed by atoms with Gasteiger partial charge in [-0.15, -0.1) is 10.2 Å². The van der Waals surface area contributed by atoms with E-state index in [1.807, 2.05) is 56.3 Å². The van der Waals surface area contributed by atoms with Crippen LogP contribution in [-0.4, -0.2) is 38.1 Å². The molecule has 1 aliphatic heterocycles. The van der Waals surface area contributed by atoms with E-state index in [-0.39, 0.29) is 30.8 Å². The zero-order chi connectivity index (χ0) is 19.7. The van der Waals surface area contributed by atoms with E-state index in [4.69, 9.17) is 0 Å². The predicted molar refractivity (Wildman–Crippen MR) is 105 cm³/mol. The molecule has 1 aliphatic rings. The summed E-state index contributed by atoms with van der Waals surface area (Å²) in [7, 11) is 0. The quantitative estimate of drug-likeness (QED) is 0.758. The maximum atomic E-state index is 13.1. The Morgan fingerprint density at radius 3 is 2.75 bits per heavy atom. The lowest BCUT2D eigenvalue weighted by molar-refractivity contribution is -0.120. The Hall–Kier alpha value is -3.55. The number of carbonyl (C=O) groups excluding carboxylic acids is 2. The number of para-hydroxylation sites is 2. The molecule has 0 spiro atoms. The van der Waals surface area contributed by atoms with Gasteiger partial charge >= 0.3 is 0 Å². The van der Waals surface area contributed by atoms with Crippen LogP contribution in [0, 0.1) is 6.92 Å². The fourth-order valence-electron chi connectivity index (χ4n) is 3.41. The number of anilines is 2. The molecule has 0 fully saturated rings. The largest absolute Gasteiger partial charge is 0.324 e. The zero-order valence-corrected chi connectivity index (χ0v) is 15.7. The number of nitrogens with one attached hydrogen (secondary N) is 1. The summed E-state index contributed by atoms with van der Waals surface area (Å²) in [6.45, 7) is 3.76. The third kappa shape index (κ3) is 3.36. The second-order valence-electron chi connectivity index (χ2n) is 6.84. The van der Waals surface area contributed by atoms with Gasteiger partial charge < -0.3 is 10.2 Å². The van der Waals surface area contributed by atoms with Gasteiger partial charge in [-0.25, -0.2) is 0 Å². The summed E-state index contributed by atoms with van der Waals surface area (Å²) in [6.07, 6.45) is 0.222. The van der Waals surface area contributed by atoms with Gasteiger partial charge in [-0.05, 0) is 36.8 Å². The fourth-order valence-corrected chi connectivity index (χ4v) is 3.41. The molecule has 2 heterocycles. The number of nitrogens with zero attached hydrogens (tertiary/aromatic N) is 5. The molecular weight excluding hydrogens is 356 g/mol. The van der Waals surface area contributed by atoms with Crippen molar-refractivity contribution in [2.75, 3.05) is 10.2 Å². The van der Waals surface area contributed by atoms with Crippen LogP contribution in [0.5, 0.6) is 0 Å². The molecule has 0 saturated carbocycles. The van der Waals surface area contributed by atoms with Crippen LogP contribution < -0.4 is 10.2 Å². The lowest BCUT2D eigenvalue weighted by Crippen LogP contribution is -2.41. The highest BCUT2D eigenvalue weighted by molar-refractivity contribution is 6.04. The Labute approximate surface area is 162 Å². The summed E-state index contributed by atoms with van der Waals surface area (Å²) < 4.78 is 0. The Morgan fingerprint density at radius 2 is 1.93 bits per heavy atom. The Kier molecular flexibility index (Phi) is 4.60. The molecule has 1 atom stereocenters. The third-order valence-electron chi connectivity index (χ3n) is 4.74. The van der Waals surface area contributed by atoms with Gasteiger partial charge in [-0.2, -0.15) is 4.80 Å². The molecule has 8 nitrogen and oxygen atoms in total. The number of carbonyl (C=O) groups is 2. The minimum Gasteiger partial charge on any atom is -0.324 e. The average Bonchev–Trinajstić information content (AvgIpc) is 3.06. The second-order valence-corrected chi connectivity index (χ2v) is 6.84. The van der Waals surface area contributed by atoms with E-state index in [1.165, 1.54) is 4.80 Å². The summed E-state index contributed by atoms with van der Waals surface area (Å²) in [5.74, 6) is 0.160. The smallest absolute Gasteiger partial charge is 0.250 e. The first kappa shape index (κ1) is 17.8. The summed E-state index contributed by atoms with van der Waals surface area (Å²) >= 11 is 0. The number of fused-ring (bicyclic) bond motifs is 1. The van der Waals surface area contributed by atoms with Gasteiger partial charge in [0.2, 0.25) is 11.7 Å². The maximum absolute atomic E-state index is 13.1. The molecule has 142 valence electrons. The molecular formula is C20H20N6O2. The number of aromatic nitrogens is 4. The number of aryl methyl sites for hydroxylation is 1. The van der Waals surface area contributed by atoms with E-state index >= 15 is 0 Å². The van der Waals surface area contributed by atoms with E-state index < -0.39 is 0 Å². The first-order chi connectivity index (χ1) is 13.5. The minimum absolute atomic E-state index is 0.0637. The fraction of sp³-hybridized carbons (Fsp3) is 0.250. The molecule has 8 heteroatoms. The van der Waals surface area contributed by atoms with Crippen molar-refractivity contribution in [1.29, 1.82) is 0 Å². The van der Waals surface area contributed by atoms with E-state index in [0.29, 0.717) is 17.2 Å². The van der Waals surface area contributed by atoms with Crippen molar-refractivity contribution < 1.29 is 9.59 Å². The van der Waals surface area contributed by atoms with E-state index in [0.717, 1.165) is 11.1 Å². The molecule has 3 aromatic rings. The number of hydrogen-bond donors (Lipinski definition) is 1. The molecule has 1 aromatic heterocycles. The van der Waals surface area contributed by atoms with Gasteiger partial charge in [0.15, 0.2) is 0 Å². The van der Waals surface area contributed by atoms with Crippen molar-refractivity contribution in [2.24, 2.45) is 0 Å². The Bertz CT molecular complexity index is 1040. The number of rotatable bonds is 3. The van der Waals surface area contributed by atoms with E-state index in [9.17, 15) is 9.59 Å². The van der Waals surface area contributed by atoms with Gasteiger partial charge in [0.1, 0.15) is 6.54 Å². The van der Waals surface area contributed by atoms with E-state index in [1.54, 1.807) is 11.0 Å². The van der Waals surface area contributed by atoms with Crippen molar-refractivity contribution >= 4 is 23.2 Å². The Morgan fingerprint density at radius 1 is 1.18 bits per heavy atom. The maximum Gasteiger partial charge on any atom is 0.250 e. The average molecular weight is 376 g/mol. The monoisotopic (exact) mass is 376 g/mol. The first-order valence-electron chi connectivity index (χ1n) is 9.07. The highest BCUT2D eigenvalue weighted by atomic mass is 16.2. The molecule has 1 unspecified atom stereocenters. The van der Waals surface area contributed by atoms with Crippen molar-refractivity contribution in [1.82, 2.24) is 20.2 Å². The second kappa shape index (κ2) is 7.22. The molecule has 0 saturated heterocycles. The molecule has 0 bridgehead atoms. The molecule has 0 aliphatic carbocycles. The Balaban J connectivity index is 1.60. The molecule has 2 amide bonds. The van der Waals surface area contributed by atoms with Gasteiger partial charge in [0, 0.05) is 18.0 Å². The van der Waals surface area contributed by atoms with Gasteiger partial charge in [0.25, 0.3) is 5.91 Å². The molecule has 4 rings (SSSR count). The molecule has 28 heavy (non-hydrogen) atoms. The molecule has 2 aromatic carbocycles. The third-order valence-corrected chi connectivity index (χ3v) is 4.74. The topological polar surface area (TPSA) is 93.0 Å².